The molecule has 1 aliphatic rings. The van der Waals surface area contributed by atoms with E-state index < -0.39 is 0 Å². The van der Waals surface area contributed by atoms with Gasteiger partial charge in [0.1, 0.15) is 5.75 Å². The Morgan fingerprint density at radius 2 is 2.06 bits per heavy atom. The zero-order valence-electron chi connectivity index (χ0n) is 10.7. The molecule has 0 amide bonds. The van der Waals surface area contributed by atoms with E-state index in [2.05, 4.69) is 5.32 Å². The van der Waals surface area contributed by atoms with Gasteiger partial charge in [-0.1, -0.05) is 0 Å². The Balaban J connectivity index is 1.82. The normalized spacial score (nSPS) is 13.3. The quantitative estimate of drug-likeness (QED) is 0.755. The molecule has 1 aliphatic heterocycles. The Morgan fingerprint density at radius 1 is 1.33 bits per heavy atom. The van der Waals surface area contributed by atoms with Crippen LogP contribution in [0.1, 0.15) is 19.4 Å². The number of ether oxygens (including phenoxy) is 3. The Labute approximate surface area is 107 Å². The summed E-state index contributed by atoms with van der Waals surface area (Å²) in [6.07, 6.45) is 0.241. The van der Waals surface area contributed by atoms with Crippen LogP contribution >= 0.6 is 0 Å². The topological polar surface area (TPSA) is 60.0 Å². The van der Waals surface area contributed by atoms with E-state index in [1.807, 2.05) is 13.8 Å². The summed E-state index contributed by atoms with van der Waals surface area (Å²) in [7, 11) is 0. The fourth-order valence-electron chi connectivity index (χ4n) is 1.70. The Hall–Kier alpha value is -1.46. The number of fused-ring (bicyclic) bond motifs is 1. The third kappa shape index (κ3) is 3.27. The fraction of sp³-hybridized carbons (Fsp3) is 0.538. The highest BCUT2D eigenvalue weighted by Gasteiger charge is 2.16. The molecule has 100 valence electrons. The Kier molecular flexibility index (Phi) is 4.28. The number of nitrogens with one attached hydrogen (secondary N) is 1. The molecule has 0 aliphatic carbocycles. The fourth-order valence-corrected chi connectivity index (χ4v) is 1.70. The van der Waals surface area contributed by atoms with Crippen molar-refractivity contribution in [3.05, 3.63) is 17.7 Å². The summed E-state index contributed by atoms with van der Waals surface area (Å²) in [5.74, 6) is 1.50. The minimum atomic E-state index is 0.216. The third-order valence-corrected chi connectivity index (χ3v) is 2.62. The summed E-state index contributed by atoms with van der Waals surface area (Å²) in [5, 5.41) is 13.0. The number of phenolic OH excluding ortho intramolecular Hbond substituents is 1. The highest BCUT2D eigenvalue weighted by Crippen LogP contribution is 2.37. The maximum Gasteiger partial charge on any atom is 0.231 e. The van der Waals surface area contributed by atoms with Crippen molar-refractivity contribution < 1.29 is 19.3 Å². The largest absolute Gasteiger partial charge is 0.507 e. The van der Waals surface area contributed by atoms with E-state index in [0.29, 0.717) is 24.7 Å². The van der Waals surface area contributed by atoms with Crippen molar-refractivity contribution in [3.63, 3.8) is 0 Å². The SMILES string of the molecule is CC(C)OCCNCc1cc2c(cc1O)OCO2. The van der Waals surface area contributed by atoms with Crippen LogP contribution in [0.4, 0.5) is 0 Å². The van der Waals surface area contributed by atoms with Crippen molar-refractivity contribution in [1.29, 1.82) is 0 Å². The van der Waals surface area contributed by atoms with E-state index >= 15 is 0 Å². The van der Waals surface area contributed by atoms with Crippen molar-refractivity contribution in [3.8, 4) is 17.2 Å². The first-order chi connectivity index (χ1) is 8.66. The summed E-state index contributed by atoms with van der Waals surface area (Å²) >= 11 is 0. The smallest absolute Gasteiger partial charge is 0.231 e. The van der Waals surface area contributed by atoms with Gasteiger partial charge < -0.3 is 24.6 Å². The van der Waals surface area contributed by atoms with E-state index in [4.69, 9.17) is 14.2 Å². The van der Waals surface area contributed by atoms with E-state index in [1.165, 1.54) is 0 Å². The summed E-state index contributed by atoms with van der Waals surface area (Å²) < 4.78 is 15.9. The van der Waals surface area contributed by atoms with Crippen LogP contribution in [0.25, 0.3) is 0 Å². The maximum atomic E-state index is 9.81. The number of aromatic hydroxyl groups is 1. The molecular formula is C13H19NO4. The van der Waals surface area contributed by atoms with Gasteiger partial charge in [0.25, 0.3) is 0 Å². The van der Waals surface area contributed by atoms with E-state index in [0.717, 1.165) is 12.1 Å². The molecule has 0 fully saturated rings. The van der Waals surface area contributed by atoms with E-state index in [-0.39, 0.29) is 18.6 Å². The molecule has 0 bridgehead atoms. The van der Waals surface area contributed by atoms with Gasteiger partial charge in [-0.15, -0.1) is 0 Å². The second kappa shape index (κ2) is 5.93. The van der Waals surface area contributed by atoms with Gasteiger partial charge in [0, 0.05) is 24.7 Å². The number of phenols is 1. The molecule has 18 heavy (non-hydrogen) atoms. The predicted octanol–water partition coefficient (Wildman–Crippen LogP) is 1.64. The average molecular weight is 253 g/mol. The first-order valence-corrected chi connectivity index (χ1v) is 6.10. The lowest BCUT2D eigenvalue weighted by Gasteiger charge is -2.10. The summed E-state index contributed by atoms with van der Waals surface area (Å²) in [6, 6.07) is 3.39. The standard InChI is InChI=1S/C13H19NO4/c1-9(2)16-4-3-14-7-10-5-12-13(6-11(10)15)18-8-17-12/h5-6,9,14-15H,3-4,7-8H2,1-2H3. The van der Waals surface area contributed by atoms with Gasteiger partial charge >= 0.3 is 0 Å². The molecule has 0 spiro atoms. The second-order valence-electron chi connectivity index (χ2n) is 4.43. The molecule has 5 heteroatoms. The van der Waals surface area contributed by atoms with Gasteiger partial charge in [-0.3, -0.25) is 0 Å². The van der Waals surface area contributed by atoms with Crippen LogP contribution in [-0.4, -0.2) is 31.2 Å². The maximum absolute atomic E-state index is 9.81. The van der Waals surface area contributed by atoms with Crippen LogP contribution in [0.2, 0.25) is 0 Å². The molecule has 0 radical (unpaired) electrons. The van der Waals surface area contributed by atoms with Crippen molar-refractivity contribution in [2.24, 2.45) is 0 Å². The van der Waals surface area contributed by atoms with Crippen LogP contribution in [0.15, 0.2) is 12.1 Å². The van der Waals surface area contributed by atoms with Crippen molar-refractivity contribution in [2.45, 2.75) is 26.5 Å². The second-order valence-corrected chi connectivity index (χ2v) is 4.43. The summed E-state index contributed by atoms with van der Waals surface area (Å²) in [4.78, 5) is 0. The van der Waals surface area contributed by atoms with Crippen molar-refractivity contribution in [1.82, 2.24) is 5.32 Å². The minimum Gasteiger partial charge on any atom is -0.507 e. The molecule has 0 aromatic heterocycles. The van der Waals surface area contributed by atoms with Crippen molar-refractivity contribution in [2.75, 3.05) is 19.9 Å². The first-order valence-electron chi connectivity index (χ1n) is 6.10. The molecule has 1 aromatic rings. The molecule has 0 saturated carbocycles. The Bertz CT molecular complexity index is 406. The molecule has 1 heterocycles. The highest BCUT2D eigenvalue weighted by atomic mass is 16.7. The highest BCUT2D eigenvalue weighted by molar-refractivity contribution is 5.51. The zero-order chi connectivity index (χ0) is 13.0. The molecule has 0 atom stereocenters. The molecule has 2 N–H and O–H groups in total. The zero-order valence-corrected chi connectivity index (χ0v) is 10.7. The Morgan fingerprint density at radius 3 is 2.78 bits per heavy atom. The molecular weight excluding hydrogens is 234 g/mol. The lowest BCUT2D eigenvalue weighted by atomic mass is 10.1. The van der Waals surface area contributed by atoms with Gasteiger partial charge in [-0.2, -0.15) is 0 Å². The van der Waals surface area contributed by atoms with Crippen LogP contribution in [0, 0.1) is 0 Å². The van der Waals surface area contributed by atoms with E-state index in [9.17, 15) is 5.11 Å². The van der Waals surface area contributed by atoms with Crippen molar-refractivity contribution >= 4 is 0 Å². The molecule has 5 nitrogen and oxygen atoms in total. The summed E-state index contributed by atoms with van der Waals surface area (Å²) in [5.41, 5.74) is 0.795. The van der Waals surface area contributed by atoms with Gasteiger partial charge in [0.2, 0.25) is 6.79 Å². The van der Waals surface area contributed by atoms with Crippen LogP contribution in [-0.2, 0) is 11.3 Å². The van der Waals surface area contributed by atoms with Gasteiger partial charge in [0.15, 0.2) is 11.5 Å². The number of benzene rings is 1. The molecule has 1 aromatic carbocycles. The monoisotopic (exact) mass is 253 g/mol. The number of hydrogen-bond acceptors (Lipinski definition) is 5. The van der Waals surface area contributed by atoms with E-state index in [1.54, 1.807) is 12.1 Å². The lowest BCUT2D eigenvalue weighted by molar-refractivity contribution is 0.0807. The van der Waals surface area contributed by atoms with Crippen LogP contribution in [0.3, 0.4) is 0 Å². The molecule has 0 unspecified atom stereocenters. The number of hydrogen-bond donors (Lipinski definition) is 2. The number of rotatable bonds is 6. The van der Waals surface area contributed by atoms with Gasteiger partial charge in [0.05, 0.1) is 12.7 Å². The first kappa shape index (κ1) is 13.0. The van der Waals surface area contributed by atoms with Gasteiger partial charge in [-0.05, 0) is 19.9 Å². The summed E-state index contributed by atoms with van der Waals surface area (Å²) in [6.45, 7) is 6.19. The lowest BCUT2D eigenvalue weighted by Crippen LogP contribution is -2.21. The average Bonchev–Trinajstić information content (AvgIpc) is 2.75. The van der Waals surface area contributed by atoms with Gasteiger partial charge in [-0.25, -0.2) is 0 Å². The third-order valence-electron chi connectivity index (χ3n) is 2.62. The molecule has 0 saturated heterocycles. The minimum absolute atomic E-state index is 0.216. The predicted molar refractivity (Wildman–Crippen MR) is 67.0 cm³/mol. The van der Waals surface area contributed by atoms with Crippen LogP contribution in [0.5, 0.6) is 17.2 Å². The molecule has 2 rings (SSSR count). The van der Waals surface area contributed by atoms with Crippen LogP contribution < -0.4 is 14.8 Å².